The largest absolute Gasteiger partial charge is 0.475 e. The fourth-order valence-corrected chi connectivity index (χ4v) is 2.25. The smallest absolute Gasteiger partial charge is 0.371 e. The van der Waals surface area contributed by atoms with Crippen LogP contribution in [0.1, 0.15) is 10.6 Å². The van der Waals surface area contributed by atoms with Crippen LogP contribution in [0.15, 0.2) is 31.9 Å². The number of rotatable bonds is 1. The third-order valence-electron chi connectivity index (χ3n) is 2.00. The van der Waals surface area contributed by atoms with Gasteiger partial charge in [0, 0.05) is 14.9 Å². The fraction of sp³-hybridized carbons (Fsp3) is 0. The zero-order chi connectivity index (χ0) is 11.9. The maximum Gasteiger partial charge on any atom is 0.371 e. The van der Waals surface area contributed by atoms with Gasteiger partial charge in [-0.25, -0.2) is 9.59 Å². The van der Waals surface area contributed by atoms with Crippen LogP contribution in [0, 0.1) is 0 Å². The molecule has 0 spiro atoms. The molecule has 0 saturated heterocycles. The third kappa shape index (κ3) is 1.83. The highest BCUT2D eigenvalue weighted by molar-refractivity contribution is 9.10. The van der Waals surface area contributed by atoms with Crippen molar-refractivity contribution >= 4 is 44.3 Å². The van der Waals surface area contributed by atoms with E-state index in [1.54, 1.807) is 6.07 Å². The lowest BCUT2D eigenvalue weighted by atomic mass is 10.1. The van der Waals surface area contributed by atoms with Crippen molar-refractivity contribution < 1.29 is 14.3 Å². The molecule has 6 heteroatoms. The third-order valence-corrected chi connectivity index (χ3v) is 2.88. The van der Waals surface area contributed by atoms with Gasteiger partial charge in [0.15, 0.2) is 0 Å². The Morgan fingerprint density at radius 3 is 2.62 bits per heavy atom. The van der Waals surface area contributed by atoms with Gasteiger partial charge in [0.05, 0.1) is 5.39 Å². The predicted molar refractivity (Wildman–Crippen MR) is 62.2 cm³/mol. The molecule has 0 aliphatic rings. The van der Waals surface area contributed by atoms with E-state index in [1.165, 1.54) is 12.1 Å². The maximum atomic E-state index is 11.5. The Kier molecular flexibility index (Phi) is 2.73. The van der Waals surface area contributed by atoms with Crippen molar-refractivity contribution in [2.24, 2.45) is 0 Å². The molecule has 0 unspecified atom stereocenters. The van der Waals surface area contributed by atoms with Crippen LogP contribution in [0.2, 0.25) is 5.02 Å². The molecule has 1 aromatic carbocycles. The summed E-state index contributed by atoms with van der Waals surface area (Å²) in [6, 6.07) is 4.29. The molecule has 1 heterocycles. The summed E-state index contributed by atoms with van der Waals surface area (Å²) in [6.45, 7) is 0. The van der Waals surface area contributed by atoms with Crippen molar-refractivity contribution in [1.29, 1.82) is 0 Å². The van der Waals surface area contributed by atoms with Crippen LogP contribution < -0.4 is 5.63 Å². The molecule has 0 aliphatic heterocycles. The standard InChI is InChI=1S/C10H4BrClO4/c11-7-2-4(12)1-6-5(7)3-8(9(13)14)16-10(6)15/h1-3H,(H,13,14). The van der Waals surface area contributed by atoms with E-state index < -0.39 is 17.4 Å². The predicted octanol–water partition coefficient (Wildman–Crippen LogP) is 2.91. The van der Waals surface area contributed by atoms with Crippen molar-refractivity contribution in [1.82, 2.24) is 0 Å². The Morgan fingerprint density at radius 2 is 2.00 bits per heavy atom. The fourth-order valence-electron chi connectivity index (χ4n) is 1.32. The number of benzene rings is 1. The highest BCUT2D eigenvalue weighted by Crippen LogP contribution is 2.27. The van der Waals surface area contributed by atoms with Crippen LogP contribution in [-0.2, 0) is 0 Å². The summed E-state index contributed by atoms with van der Waals surface area (Å²) in [5.41, 5.74) is -0.724. The lowest BCUT2D eigenvalue weighted by Gasteiger charge is -2.01. The summed E-state index contributed by atoms with van der Waals surface area (Å²) in [6.07, 6.45) is 0. The van der Waals surface area contributed by atoms with Gasteiger partial charge in [0.25, 0.3) is 0 Å². The van der Waals surface area contributed by atoms with Crippen molar-refractivity contribution in [2.75, 3.05) is 0 Å². The molecule has 4 nitrogen and oxygen atoms in total. The zero-order valence-electron chi connectivity index (χ0n) is 7.66. The van der Waals surface area contributed by atoms with Gasteiger partial charge in [-0.15, -0.1) is 0 Å². The van der Waals surface area contributed by atoms with Crippen molar-refractivity contribution in [3.63, 3.8) is 0 Å². The Morgan fingerprint density at radius 1 is 1.31 bits per heavy atom. The maximum absolute atomic E-state index is 11.5. The first-order chi connectivity index (χ1) is 7.49. The van der Waals surface area contributed by atoms with Gasteiger partial charge in [-0.05, 0) is 18.2 Å². The zero-order valence-corrected chi connectivity index (χ0v) is 10.0. The normalized spacial score (nSPS) is 10.6. The van der Waals surface area contributed by atoms with Crippen LogP contribution in [-0.4, -0.2) is 11.1 Å². The van der Waals surface area contributed by atoms with E-state index in [2.05, 4.69) is 20.3 Å². The van der Waals surface area contributed by atoms with Crippen molar-refractivity contribution in [3.05, 3.63) is 43.9 Å². The lowest BCUT2D eigenvalue weighted by Crippen LogP contribution is -2.06. The van der Waals surface area contributed by atoms with Gasteiger partial charge in [-0.1, -0.05) is 27.5 Å². The number of hydrogen-bond donors (Lipinski definition) is 1. The van der Waals surface area contributed by atoms with Crippen molar-refractivity contribution in [2.45, 2.75) is 0 Å². The van der Waals surface area contributed by atoms with Gasteiger partial charge in [0.1, 0.15) is 0 Å². The highest BCUT2D eigenvalue weighted by atomic mass is 79.9. The number of aromatic carboxylic acids is 1. The summed E-state index contributed by atoms with van der Waals surface area (Å²) in [5, 5.41) is 9.81. The summed E-state index contributed by atoms with van der Waals surface area (Å²) >= 11 is 8.98. The first-order valence-electron chi connectivity index (χ1n) is 4.15. The average Bonchev–Trinajstić information content (AvgIpc) is 2.19. The van der Waals surface area contributed by atoms with E-state index in [0.29, 0.717) is 14.9 Å². The highest BCUT2D eigenvalue weighted by Gasteiger charge is 2.12. The van der Waals surface area contributed by atoms with Gasteiger partial charge < -0.3 is 9.52 Å². The Balaban J connectivity index is 2.93. The Bertz CT molecular complexity index is 647. The minimum Gasteiger partial charge on any atom is -0.475 e. The molecular formula is C10H4BrClO4. The molecule has 82 valence electrons. The van der Waals surface area contributed by atoms with Gasteiger partial charge in [0.2, 0.25) is 5.76 Å². The van der Waals surface area contributed by atoms with E-state index in [1.807, 2.05) is 0 Å². The lowest BCUT2D eigenvalue weighted by molar-refractivity contribution is 0.0658. The van der Waals surface area contributed by atoms with E-state index in [-0.39, 0.29) is 5.39 Å². The quantitative estimate of drug-likeness (QED) is 0.879. The Labute approximate surface area is 103 Å². The second-order valence-electron chi connectivity index (χ2n) is 3.05. The Hall–Kier alpha value is -1.33. The molecule has 0 aliphatic carbocycles. The van der Waals surface area contributed by atoms with E-state index in [9.17, 15) is 9.59 Å². The molecular weight excluding hydrogens is 299 g/mol. The SMILES string of the molecule is O=C(O)c1cc2c(Br)cc(Cl)cc2c(=O)o1. The molecule has 0 fully saturated rings. The van der Waals surface area contributed by atoms with Crippen LogP contribution >= 0.6 is 27.5 Å². The number of hydrogen-bond acceptors (Lipinski definition) is 3. The summed E-state index contributed by atoms with van der Waals surface area (Å²) < 4.78 is 5.17. The van der Waals surface area contributed by atoms with Gasteiger partial charge in [-0.2, -0.15) is 0 Å². The molecule has 0 radical (unpaired) electrons. The summed E-state index contributed by atoms with van der Waals surface area (Å²) in [7, 11) is 0. The van der Waals surface area contributed by atoms with Gasteiger partial charge in [-0.3, -0.25) is 0 Å². The number of fused-ring (bicyclic) bond motifs is 1. The first-order valence-corrected chi connectivity index (χ1v) is 5.32. The van der Waals surface area contributed by atoms with Crippen molar-refractivity contribution in [3.8, 4) is 0 Å². The van der Waals surface area contributed by atoms with Crippen LogP contribution in [0.4, 0.5) is 0 Å². The number of carboxylic acids is 1. The van der Waals surface area contributed by atoms with Crippen LogP contribution in [0.3, 0.4) is 0 Å². The molecule has 1 aromatic heterocycles. The average molecular weight is 303 g/mol. The van der Waals surface area contributed by atoms with E-state index in [4.69, 9.17) is 16.7 Å². The van der Waals surface area contributed by atoms with E-state index in [0.717, 1.165) is 0 Å². The molecule has 0 atom stereocenters. The van der Waals surface area contributed by atoms with Crippen LogP contribution in [0.25, 0.3) is 10.8 Å². The molecule has 2 rings (SSSR count). The second kappa shape index (κ2) is 3.92. The molecule has 0 bridgehead atoms. The molecule has 1 N–H and O–H groups in total. The molecule has 2 aromatic rings. The number of carboxylic acid groups (broad SMARTS) is 1. The molecule has 0 saturated carbocycles. The number of halogens is 2. The summed E-state index contributed by atoms with van der Waals surface area (Å²) in [5.74, 6) is -1.69. The summed E-state index contributed by atoms with van der Waals surface area (Å²) in [4.78, 5) is 22.2. The monoisotopic (exact) mass is 302 g/mol. The first kappa shape index (κ1) is 11.2. The van der Waals surface area contributed by atoms with Gasteiger partial charge >= 0.3 is 11.6 Å². The van der Waals surface area contributed by atoms with Crippen LogP contribution in [0.5, 0.6) is 0 Å². The van der Waals surface area contributed by atoms with E-state index >= 15 is 0 Å². The second-order valence-corrected chi connectivity index (χ2v) is 4.34. The molecule has 16 heavy (non-hydrogen) atoms. The minimum absolute atomic E-state index is 0.240. The topological polar surface area (TPSA) is 67.5 Å². The molecule has 0 amide bonds. The number of carbonyl (C=O) groups is 1. The minimum atomic E-state index is -1.29.